The average molecular weight is 255 g/mol. The maximum atomic E-state index is 12.0. The SMILES string of the molecule is CCN(CC)C(=O)CN(C)C(=O)CC1(N)CCC1. The van der Waals surface area contributed by atoms with E-state index >= 15 is 0 Å². The lowest BCUT2D eigenvalue weighted by atomic mass is 9.75. The van der Waals surface area contributed by atoms with Crippen LogP contribution < -0.4 is 5.73 Å². The fourth-order valence-electron chi connectivity index (χ4n) is 2.21. The Morgan fingerprint density at radius 2 is 1.72 bits per heavy atom. The van der Waals surface area contributed by atoms with Gasteiger partial charge in [0, 0.05) is 32.1 Å². The van der Waals surface area contributed by atoms with Crippen molar-refractivity contribution in [3.8, 4) is 0 Å². The third kappa shape index (κ3) is 3.70. The smallest absolute Gasteiger partial charge is 0.242 e. The van der Waals surface area contributed by atoms with Crippen LogP contribution in [-0.2, 0) is 9.59 Å². The fraction of sp³-hybridized carbons (Fsp3) is 0.846. The number of hydrogen-bond donors (Lipinski definition) is 1. The van der Waals surface area contributed by atoms with Gasteiger partial charge in [-0.2, -0.15) is 0 Å². The summed E-state index contributed by atoms with van der Waals surface area (Å²) in [6.45, 7) is 5.38. The number of nitrogens with zero attached hydrogens (tertiary/aromatic N) is 2. The number of carbonyl (C=O) groups excluding carboxylic acids is 2. The Morgan fingerprint density at radius 3 is 2.11 bits per heavy atom. The van der Waals surface area contributed by atoms with Gasteiger partial charge in [-0.15, -0.1) is 0 Å². The first-order valence-corrected chi connectivity index (χ1v) is 6.72. The Hall–Kier alpha value is -1.10. The summed E-state index contributed by atoms with van der Waals surface area (Å²) < 4.78 is 0. The van der Waals surface area contributed by atoms with Crippen LogP contribution in [0.4, 0.5) is 0 Å². The van der Waals surface area contributed by atoms with E-state index in [1.54, 1.807) is 11.9 Å². The molecule has 0 aromatic carbocycles. The third-order valence-corrected chi connectivity index (χ3v) is 3.77. The standard InChI is InChI=1S/C13H25N3O2/c1-4-16(5-2)12(18)10-15(3)11(17)9-13(14)7-6-8-13/h4-10,14H2,1-3H3. The lowest BCUT2D eigenvalue weighted by Crippen LogP contribution is -2.51. The van der Waals surface area contributed by atoms with Crippen LogP contribution in [-0.4, -0.2) is 53.8 Å². The van der Waals surface area contributed by atoms with Crippen LogP contribution in [0.5, 0.6) is 0 Å². The van der Waals surface area contributed by atoms with Gasteiger partial charge in [-0.3, -0.25) is 9.59 Å². The second kappa shape index (κ2) is 6.18. The molecule has 0 bridgehead atoms. The number of likely N-dealkylation sites (N-methyl/N-ethyl adjacent to an activating group) is 2. The molecule has 0 heterocycles. The molecule has 2 N–H and O–H groups in total. The molecule has 5 nitrogen and oxygen atoms in total. The molecule has 0 aliphatic heterocycles. The highest BCUT2D eigenvalue weighted by Crippen LogP contribution is 2.32. The molecular weight excluding hydrogens is 230 g/mol. The molecule has 1 aliphatic rings. The molecule has 104 valence electrons. The first-order chi connectivity index (χ1) is 8.41. The average Bonchev–Trinajstić information content (AvgIpc) is 2.28. The number of carbonyl (C=O) groups is 2. The lowest BCUT2D eigenvalue weighted by Gasteiger charge is -2.38. The van der Waals surface area contributed by atoms with Gasteiger partial charge < -0.3 is 15.5 Å². The van der Waals surface area contributed by atoms with Crippen molar-refractivity contribution < 1.29 is 9.59 Å². The van der Waals surface area contributed by atoms with E-state index in [4.69, 9.17) is 5.73 Å². The number of hydrogen-bond acceptors (Lipinski definition) is 3. The molecule has 0 aromatic rings. The zero-order valence-corrected chi connectivity index (χ0v) is 11.7. The third-order valence-electron chi connectivity index (χ3n) is 3.77. The number of amides is 2. The summed E-state index contributed by atoms with van der Waals surface area (Å²) in [7, 11) is 1.67. The van der Waals surface area contributed by atoms with E-state index in [0.29, 0.717) is 19.5 Å². The normalized spacial score (nSPS) is 16.9. The molecule has 0 unspecified atom stereocenters. The molecule has 2 amide bonds. The maximum Gasteiger partial charge on any atom is 0.242 e. The van der Waals surface area contributed by atoms with Crippen LogP contribution in [0.2, 0.25) is 0 Å². The largest absolute Gasteiger partial charge is 0.342 e. The molecule has 1 saturated carbocycles. The summed E-state index contributed by atoms with van der Waals surface area (Å²) >= 11 is 0. The van der Waals surface area contributed by atoms with Crippen molar-refractivity contribution >= 4 is 11.8 Å². The molecule has 0 radical (unpaired) electrons. The molecule has 1 aliphatic carbocycles. The van der Waals surface area contributed by atoms with Gasteiger partial charge in [0.05, 0.1) is 6.54 Å². The lowest BCUT2D eigenvalue weighted by molar-refractivity contribution is -0.140. The fourth-order valence-corrected chi connectivity index (χ4v) is 2.21. The predicted octanol–water partition coefficient (Wildman–Crippen LogP) is 0.585. The highest BCUT2D eigenvalue weighted by Gasteiger charge is 2.35. The Kier molecular flexibility index (Phi) is 5.14. The van der Waals surface area contributed by atoms with E-state index in [1.165, 1.54) is 4.90 Å². The Morgan fingerprint density at radius 1 is 1.17 bits per heavy atom. The van der Waals surface area contributed by atoms with E-state index < -0.39 is 0 Å². The zero-order chi connectivity index (χ0) is 13.8. The summed E-state index contributed by atoms with van der Waals surface area (Å²) in [5.74, 6) is -0.0340. The minimum Gasteiger partial charge on any atom is -0.342 e. The highest BCUT2D eigenvalue weighted by atomic mass is 16.2. The number of rotatable bonds is 6. The molecule has 5 heteroatoms. The highest BCUT2D eigenvalue weighted by molar-refractivity contribution is 5.85. The Bertz CT molecular complexity index is 309. The van der Waals surface area contributed by atoms with Gasteiger partial charge in [-0.1, -0.05) is 0 Å². The van der Waals surface area contributed by atoms with Gasteiger partial charge in [-0.25, -0.2) is 0 Å². The molecule has 1 fully saturated rings. The minimum absolute atomic E-state index is 0.00414. The zero-order valence-electron chi connectivity index (χ0n) is 11.7. The molecule has 0 saturated heterocycles. The first-order valence-electron chi connectivity index (χ1n) is 6.72. The van der Waals surface area contributed by atoms with Gasteiger partial charge in [0.2, 0.25) is 11.8 Å². The van der Waals surface area contributed by atoms with Crippen molar-refractivity contribution in [2.24, 2.45) is 5.73 Å². The minimum atomic E-state index is -0.316. The molecule has 1 rings (SSSR count). The monoisotopic (exact) mass is 255 g/mol. The van der Waals surface area contributed by atoms with Crippen molar-refractivity contribution in [1.29, 1.82) is 0 Å². The molecule has 0 aromatic heterocycles. The Labute approximate surface area is 109 Å². The van der Waals surface area contributed by atoms with Gasteiger partial charge in [0.15, 0.2) is 0 Å². The van der Waals surface area contributed by atoms with Crippen LogP contribution in [0.1, 0.15) is 39.5 Å². The summed E-state index contributed by atoms with van der Waals surface area (Å²) in [6.07, 6.45) is 3.29. The van der Waals surface area contributed by atoms with Crippen molar-refractivity contribution in [2.45, 2.75) is 45.1 Å². The maximum absolute atomic E-state index is 12.0. The van der Waals surface area contributed by atoms with Crippen molar-refractivity contribution in [1.82, 2.24) is 9.80 Å². The van der Waals surface area contributed by atoms with Gasteiger partial charge in [0.25, 0.3) is 0 Å². The van der Waals surface area contributed by atoms with Gasteiger partial charge >= 0.3 is 0 Å². The van der Waals surface area contributed by atoms with Crippen molar-refractivity contribution in [2.75, 3.05) is 26.7 Å². The van der Waals surface area contributed by atoms with Gasteiger partial charge in [-0.05, 0) is 33.1 Å². The second-order valence-corrected chi connectivity index (χ2v) is 5.21. The second-order valence-electron chi connectivity index (χ2n) is 5.21. The van der Waals surface area contributed by atoms with Crippen LogP contribution in [0.25, 0.3) is 0 Å². The topological polar surface area (TPSA) is 66.6 Å². The van der Waals surface area contributed by atoms with Crippen LogP contribution in [0.3, 0.4) is 0 Å². The molecular formula is C13H25N3O2. The number of nitrogens with two attached hydrogens (primary N) is 1. The van der Waals surface area contributed by atoms with Gasteiger partial charge in [0.1, 0.15) is 0 Å². The van der Waals surface area contributed by atoms with Crippen LogP contribution >= 0.6 is 0 Å². The molecule has 18 heavy (non-hydrogen) atoms. The quantitative estimate of drug-likeness (QED) is 0.755. The summed E-state index contributed by atoms with van der Waals surface area (Å²) in [5.41, 5.74) is 5.73. The summed E-state index contributed by atoms with van der Waals surface area (Å²) in [5, 5.41) is 0. The summed E-state index contributed by atoms with van der Waals surface area (Å²) in [4.78, 5) is 27.1. The Balaban J connectivity index is 2.41. The predicted molar refractivity (Wildman–Crippen MR) is 71.0 cm³/mol. The van der Waals surface area contributed by atoms with Crippen LogP contribution in [0, 0.1) is 0 Å². The van der Waals surface area contributed by atoms with Crippen molar-refractivity contribution in [3.05, 3.63) is 0 Å². The van der Waals surface area contributed by atoms with E-state index in [2.05, 4.69) is 0 Å². The van der Waals surface area contributed by atoms with Crippen molar-refractivity contribution in [3.63, 3.8) is 0 Å². The van der Waals surface area contributed by atoms with E-state index in [9.17, 15) is 9.59 Å². The van der Waals surface area contributed by atoms with E-state index in [1.807, 2.05) is 13.8 Å². The van der Waals surface area contributed by atoms with Crippen LogP contribution in [0.15, 0.2) is 0 Å². The van der Waals surface area contributed by atoms with E-state index in [0.717, 1.165) is 19.3 Å². The molecule has 0 atom stereocenters. The first kappa shape index (κ1) is 15.0. The summed E-state index contributed by atoms with van der Waals surface area (Å²) in [6, 6.07) is 0. The van der Waals surface area contributed by atoms with E-state index in [-0.39, 0.29) is 23.9 Å². The molecule has 0 spiro atoms.